The summed E-state index contributed by atoms with van der Waals surface area (Å²) < 4.78 is 1.85. The van der Waals surface area contributed by atoms with Gasteiger partial charge in [-0.05, 0) is 49.9 Å². The topological polar surface area (TPSA) is 84.2 Å². The van der Waals surface area contributed by atoms with Gasteiger partial charge in [-0.1, -0.05) is 0 Å². The average Bonchev–Trinajstić information content (AvgIpc) is 3.12. The summed E-state index contributed by atoms with van der Waals surface area (Å²) in [7, 11) is 1.71. The van der Waals surface area contributed by atoms with Gasteiger partial charge in [0.25, 0.3) is 0 Å². The van der Waals surface area contributed by atoms with Crippen molar-refractivity contribution in [3.05, 3.63) is 42.9 Å². The van der Waals surface area contributed by atoms with E-state index in [1.54, 1.807) is 19.4 Å². The second kappa shape index (κ2) is 7.11. The van der Waals surface area contributed by atoms with Crippen LogP contribution in [0.2, 0.25) is 0 Å². The summed E-state index contributed by atoms with van der Waals surface area (Å²) in [5, 5.41) is 11.0. The Hall–Kier alpha value is -2.96. The van der Waals surface area contributed by atoms with Gasteiger partial charge >= 0.3 is 0 Å². The third-order valence-corrected chi connectivity index (χ3v) is 5.03. The van der Waals surface area contributed by atoms with Crippen molar-refractivity contribution >= 4 is 17.4 Å². The van der Waals surface area contributed by atoms with Gasteiger partial charge in [0, 0.05) is 37.0 Å². The first-order chi connectivity index (χ1) is 12.7. The number of hydrogen-bond donors (Lipinski definition) is 2. The molecule has 134 valence electrons. The molecule has 4 rings (SSSR count). The van der Waals surface area contributed by atoms with Crippen molar-refractivity contribution in [2.24, 2.45) is 5.92 Å². The van der Waals surface area contributed by atoms with E-state index in [2.05, 4.69) is 20.6 Å². The molecule has 3 heterocycles. The number of anilines is 1. The highest BCUT2D eigenvalue weighted by atomic mass is 16.1. The zero-order valence-corrected chi connectivity index (χ0v) is 14.7. The summed E-state index contributed by atoms with van der Waals surface area (Å²) >= 11 is 0. The predicted octanol–water partition coefficient (Wildman–Crippen LogP) is 2.51. The van der Waals surface area contributed by atoms with Gasteiger partial charge in [-0.3, -0.25) is 9.78 Å². The summed E-state index contributed by atoms with van der Waals surface area (Å²) in [6, 6.07) is 8.17. The number of nitrogens with one attached hydrogen (secondary N) is 2. The zero-order chi connectivity index (χ0) is 17.9. The highest BCUT2D eigenvalue weighted by molar-refractivity contribution is 5.78. The monoisotopic (exact) mass is 350 g/mol. The molecule has 1 fully saturated rings. The molecule has 0 unspecified atom stereocenters. The largest absolute Gasteiger partial charge is 0.366 e. The number of carbonyl (C=O) groups excluding carboxylic acids is 1. The van der Waals surface area contributed by atoms with Crippen molar-refractivity contribution in [1.82, 2.24) is 24.9 Å². The number of rotatable bonds is 4. The Morgan fingerprint density at radius 3 is 2.62 bits per heavy atom. The molecule has 1 saturated carbocycles. The van der Waals surface area contributed by atoms with Crippen molar-refractivity contribution in [2.45, 2.75) is 31.7 Å². The van der Waals surface area contributed by atoms with Crippen LogP contribution >= 0.6 is 0 Å². The van der Waals surface area contributed by atoms with Gasteiger partial charge in [-0.15, -0.1) is 5.10 Å². The Bertz CT molecular complexity index is 899. The molecule has 7 heteroatoms. The Morgan fingerprint density at radius 2 is 1.88 bits per heavy atom. The molecule has 1 amide bonds. The van der Waals surface area contributed by atoms with Crippen LogP contribution in [0.15, 0.2) is 42.9 Å². The molecule has 3 aromatic rings. The first-order valence-corrected chi connectivity index (χ1v) is 8.98. The van der Waals surface area contributed by atoms with Crippen molar-refractivity contribution < 1.29 is 4.79 Å². The lowest BCUT2D eigenvalue weighted by atomic mass is 9.85. The summed E-state index contributed by atoms with van der Waals surface area (Å²) in [4.78, 5) is 20.3. The number of carbonyl (C=O) groups is 1. The quantitative estimate of drug-likeness (QED) is 0.755. The lowest BCUT2D eigenvalue weighted by Gasteiger charge is -2.28. The number of hydrogen-bond acceptors (Lipinski definition) is 5. The molecule has 0 radical (unpaired) electrons. The maximum Gasteiger partial charge on any atom is 0.222 e. The molecule has 1 aliphatic carbocycles. The van der Waals surface area contributed by atoms with Crippen LogP contribution in [0.25, 0.3) is 16.9 Å². The van der Waals surface area contributed by atoms with E-state index in [0.29, 0.717) is 6.04 Å². The number of nitrogens with zero attached hydrogens (tertiary/aromatic N) is 4. The maximum absolute atomic E-state index is 11.8. The Morgan fingerprint density at radius 1 is 1.12 bits per heavy atom. The summed E-state index contributed by atoms with van der Waals surface area (Å²) in [5.41, 5.74) is 2.78. The molecule has 0 aliphatic heterocycles. The van der Waals surface area contributed by atoms with Gasteiger partial charge in [-0.2, -0.15) is 0 Å². The highest BCUT2D eigenvalue weighted by Gasteiger charge is 2.25. The van der Waals surface area contributed by atoms with E-state index >= 15 is 0 Å². The lowest BCUT2D eigenvalue weighted by molar-refractivity contribution is -0.125. The van der Waals surface area contributed by atoms with E-state index in [1.165, 1.54) is 0 Å². The van der Waals surface area contributed by atoms with Crippen LogP contribution in [-0.4, -0.2) is 38.6 Å². The fourth-order valence-corrected chi connectivity index (χ4v) is 3.58. The maximum atomic E-state index is 11.8. The average molecular weight is 350 g/mol. The van der Waals surface area contributed by atoms with Crippen molar-refractivity contribution in [2.75, 3.05) is 12.4 Å². The fourth-order valence-electron chi connectivity index (χ4n) is 3.58. The molecule has 7 nitrogen and oxygen atoms in total. The minimum Gasteiger partial charge on any atom is -0.366 e. The van der Waals surface area contributed by atoms with Gasteiger partial charge in [-0.25, -0.2) is 9.50 Å². The first-order valence-electron chi connectivity index (χ1n) is 8.98. The van der Waals surface area contributed by atoms with Crippen molar-refractivity contribution in [3.63, 3.8) is 0 Å². The second-order valence-electron chi connectivity index (χ2n) is 6.68. The van der Waals surface area contributed by atoms with E-state index in [9.17, 15) is 4.79 Å². The molecule has 0 aromatic carbocycles. The summed E-state index contributed by atoms with van der Waals surface area (Å²) in [6.07, 6.45) is 9.12. The molecule has 0 saturated heterocycles. The van der Waals surface area contributed by atoms with Crippen molar-refractivity contribution in [3.8, 4) is 11.3 Å². The second-order valence-corrected chi connectivity index (χ2v) is 6.68. The normalized spacial score (nSPS) is 20.0. The molecular weight excluding hydrogens is 328 g/mol. The van der Waals surface area contributed by atoms with E-state index in [0.717, 1.165) is 48.4 Å². The van der Waals surface area contributed by atoms with Gasteiger partial charge in [0.2, 0.25) is 5.91 Å². The number of aromatic nitrogens is 4. The van der Waals surface area contributed by atoms with Crippen LogP contribution in [0.3, 0.4) is 0 Å². The van der Waals surface area contributed by atoms with Crippen molar-refractivity contribution in [1.29, 1.82) is 0 Å². The summed E-state index contributed by atoms with van der Waals surface area (Å²) in [6.45, 7) is 0. The molecule has 0 atom stereocenters. The highest BCUT2D eigenvalue weighted by Crippen LogP contribution is 2.27. The van der Waals surface area contributed by atoms with E-state index < -0.39 is 0 Å². The van der Waals surface area contributed by atoms with Crippen LogP contribution in [0.5, 0.6) is 0 Å². The molecule has 0 spiro atoms. The van der Waals surface area contributed by atoms with Gasteiger partial charge in [0.1, 0.15) is 5.82 Å². The molecule has 1 aliphatic rings. The number of fused-ring (bicyclic) bond motifs is 1. The van der Waals surface area contributed by atoms with Gasteiger partial charge < -0.3 is 10.6 Å². The number of amides is 1. The Balaban J connectivity index is 1.51. The summed E-state index contributed by atoms with van der Waals surface area (Å²) in [5.74, 6) is 1.12. The van der Waals surface area contributed by atoms with Crippen LogP contribution in [0.4, 0.5) is 5.82 Å². The standard InChI is InChI=1S/C19H22N6O/c1-20-19(26)14-2-4-15(5-3-14)23-17-6-7-18-22-12-16(25(18)24-17)13-8-10-21-11-9-13/h6-12,14-15H,2-5H2,1H3,(H,20,26)(H,23,24)/t14-,15-. The van der Waals surface area contributed by atoms with E-state index in [4.69, 9.17) is 5.10 Å². The Kier molecular flexibility index (Phi) is 4.51. The molecule has 26 heavy (non-hydrogen) atoms. The van der Waals surface area contributed by atoms with Gasteiger partial charge in [0.15, 0.2) is 5.65 Å². The van der Waals surface area contributed by atoms with Gasteiger partial charge in [0.05, 0.1) is 11.9 Å². The third kappa shape index (κ3) is 3.24. The Labute approximate surface area is 151 Å². The fraction of sp³-hybridized carbons (Fsp3) is 0.368. The molecule has 3 aromatic heterocycles. The molecular formula is C19H22N6O. The minimum atomic E-state index is 0.139. The third-order valence-electron chi connectivity index (χ3n) is 5.03. The molecule has 2 N–H and O–H groups in total. The number of imidazole rings is 1. The van der Waals surface area contributed by atoms with E-state index in [1.807, 2.05) is 35.0 Å². The van der Waals surface area contributed by atoms with Crippen LogP contribution in [-0.2, 0) is 4.79 Å². The predicted molar refractivity (Wildman–Crippen MR) is 99.7 cm³/mol. The molecule has 0 bridgehead atoms. The van der Waals surface area contributed by atoms with Crippen LogP contribution < -0.4 is 10.6 Å². The van der Waals surface area contributed by atoms with Crippen LogP contribution in [0, 0.1) is 5.92 Å². The zero-order valence-electron chi connectivity index (χ0n) is 14.7. The van der Waals surface area contributed by atoms with Crippen LogP contribution in [0.1, 0.15) is 25.7 Å². The first kappa shape index (κ1) is 16.5. The minimum absolute atomic E-state index is 0.139. The number of pyridine rings is 1. The SMILES string of the molecule is CNC(=O)[C@H]1CC[C@H](Nc2ccc3ncc(-c4ccncc4)n3n2)CC1. The lowest BCUT2D eigenvalue weighted by Crippen LogP contribution is -2.34. The smallest absolute Gasteiger partial charge is 0.222 e. The van der Waals surface area contributed by atoms with E-state index in [-0.39, 0.29) is 11.8 Å².